The third-order valence-corrected chi connectivity index (χ3v) is 6.00. The van der Waals surface area contributed by atoms with Gasteiger partial charge in [-0.2, -0.15) is 17.6 Å². The van der Waals surface area contributed by atoms with Crippen LogP contribution in [-0.4, -0.2) is 40.8 Å². The number of nitrogens with zero attached hydrogens (tertiary/aromatic N) is 1. The Kier molecular flexibility index (Phi) is 7.07. The van der Waals surface area contributed by atoms with Gasteiger partial charge in [0.05, 0.1) is 6.10 Å². The van der Waals surface area contributed by atoms with Gasteiger partial charge in [-0.1, -0.05) is 13.0 Å². The Morgan fingerprint density at radius 1 is 1.23 bits per heavy atom. The molecule has 1 aromatic heterocycles. The second-order valence-electron chi connectivity index (χ2n) is 8.69. The number of primary amides is 1. The third kappa shape index (κ3) is 4.93. The summed E-state index contributed by atoms with van der Waals surface area (Å²) in [5, 5.41) is 2.39. The quantitative estimate of drug-likeness (QED) is 0.574. The molecule has 0 spiro atoms. The Labute approximate surface area is 197 Å². The molecule has 1 aliphatic rings. The second-order valence-corrected chi connectivity index (χ2v) is 8.69. The first-order valence-corrected chi connectivity index (χ1v) is 10.6. The van der Waals surface area contributed by atoms with Crippen molar-refractivity contribution in [3.05, 3.63) is 53.4 Å². The van der Waals surface area contributed by atoms with Crippen LogP contribution in [0.25, 0.3) is 0 Å². The van der Waals surface area contributed by atoms with Crippen molar-refractivity contribution in [1.29, 1.82) is 0 Å². The maximum absolute atomic E-state index is 14.7. The molecule has 2 aromatic rings. The molecule has 0 aliphatic carbocycles. The first kappa shape index (κ1) is 26.3. The van der Waals surface area contributed by atoms with Crippen molar-refractivity contribution < 1.29 is 41.0 Å². The molecule has 0 radical (unpaired) electrons. The van der Waals surface area contributed by atoms with E-state index >= 15 is 0 Å². The highest BCUT2D eigenvalue weighted by molar-refractivity contribution is 5.97. The van der Waals surface area contributed by atoms with Gasteiger partial charge in [0.2, 0.25) is 5.82 Å². The van der Waals surface area contributed by atoms with Gasteiger partial charge in [0.15, 0.2) is 17.2 Å². The zero-order valence-electron chi connectivity index (χ0n) is 19.2. The topological polar surface area (TPSA) is 104 Å². The molecule has 4 atom stereocenters. The van der Waals surface area contributed by atoms with Crippen molar-refractivity contribution in [3.8, 4) is 5.75 Å². The lowest BCUT2D eigenvalue weighted by molar-refractivity contribution is -0.272. The standard InChI is InChI=1S/C23H24F5N3O4/c1-10(2)34-18-13(5-6-14(24)17(18)25)16-11(3)22(4,23(26,27)28)35-19(16)21(33)31-12-7-8-30-15(9-12)20(29)32/h5-11,16,19H,1-4H3,(H2,29,32)(H,30,31,33)/t11-,16-,19-,22+/m0/s1. The highest BCUT2D eigenvalue weighted by Crippen LogP contribution is 2.55. The van der Waals surface area contributed by atoms with Crippen molar-refractivity contribution >= 4 is 17.5 Å². The summed E-state index contributed by atoms with van der Waals surface area (Å²) in [6, 6.07) is 4.28. The Morgan fingerprint density at radius 2 is 1.89 bits per heavy atom. The van der Waals surface area contributed by atoms with E-state index in [1.165, 1.54) is 33.0 Å². The predicted octanol–water partition coefficient (Wildman–Crippen LogP) is 4.32. The van der Waals surface area contributed by atoms with Crippen LogP contribution >= 0.6 is 0 Å². The van der Waals surface area contributed by atoms with E-state index in [0.717, 1.165) is 25.1 Å². The largest absolute Gasteiger partial charge is 0.488 e. The number of anilines is 1. The van der Waals surface area contributed by atoms with Crippen LogP contribution in [0.15, 0.2) is 30.5 Å². The number of hydrogen-bond donors (Lipinski definition) is 2. The van der Waals surface area contributed by atoms with Gasteiger partial charge >= 0.3 is 6.18 Å². The normalized spacial score (nSPS) is 24.5. The Morgan fingerprint density at radius 3 is 2.46 bits per heavy atom. The number of benzene rings is 1. The number of amides is 2. The van der Waals surface area contributed by atoms with Gasteiger partial charge in [0.25, 0.3) is 11.8 Å². The summed E-state index contributed by atoms with van der Waals surface area (Å²) in [5.74, 6) is -7.90. The average Bonchev–Trinajstić information content (AvgIpc) is 3.04. The van der Waals surface area contributed by atoms with E-state index in [1.807, 2.05) is 0 Å². The second kappa shape index (κ2) is 9.40. The fourth-order valence-electron chi connectivity index (χ4n) is 4.04. The van der Waals surface area contributed by atoms with E-state index in [2.05, 4.69) is 10.3 Å². The van der Waals surface area contributed by atoms with E-state index < -0.39 is 65.0 Å². The first-order valence-electron chi connectivity index (χ1n) is 10.6. The van der Waals surface area contributed by atoms with Crippen molar-refractivity contribution in [1.82, 2.24) is 4.98 Å². The summed E-state index contributed by atoms with van der Waals surface area (Å²) >= 11 is 0. The van der Waals surface area contributed by atoms with Gasteiger partial charge < -0.3 is 20.5 Å². The van der Waals surface area contributed by atoms with E-state index in [-0.39, 0.29) is 16.9 Å². The van der Waals surface area contributed by atoms with E-state index in [4.69, 9.17) is 15.2 Å². The summed E-state index contributed by atoms with van der Waals surface area (Å²) < 4.78 is 81.6. The molecule has 1 fully saturated rings. The lowest BCUT2D eigenvalue weighted by Gasteiger charge is -2.32. The number of nitrogens with one attached hydrogen (secondary N) is 1. The lowest BCUT2D eigenvalue weighted by atomic mass is 9.77. The minimum Gasteiger partial charge on any atom is -0.488 e. The minimum atomic E-state index is -4.90. The number of aromatic nitrogens is 1. The lowest BCUT2D eigenvalue weighted by Crippen LogP contribution is -2.47. The Balaban J connectivity index is 2.10. The number of carbonyl (C=O) groups is 2. The Bertz CT molecular complexity index is 1140. The van der Waals surface area contributed by atoms with Gasteiger partial charge in [0.1, 0.15) is 11.8 Å². The van der Waals surface area contributed by atoms with Crippen LogP contribution in [0.1, 0.15) is 49.7 Å². The molecular weight excluding hydrogens is 477 g/mol. The molecule has 1 saturated heterocycles. The number of pyridine rings is 1. The van der Waals surface area contributed by atoms with Crippen LogP contribution in [0.2, 0.25) is 0 Å². The van der Waals surface area contributed by atoms with Crippen molar-refractivity contribution in [2.75, 3.05) is 5.32 Å². The van der Waals surface area contributed by atoms with E-state index in [1.54, 1.807) is 0 Å². The molecule has 0 bridgehead atoms. The fraction of sp³-hybridized carbons (Fsp3) is 0.435. The SMILES string of the molecule is CC(C)Oc1c([C@H]2[C@@H](C(=O)Nc3ccnc(C(N)=O)c3)O[C@@](C)(C(F)(F)F)[C@H]2C)ccc(F)c1F. The molecule has 35 heavy (non-hydrogen) atoms. The smallest absolute Gasteiger partial charge is 0.417 e. The molecule has 12 heteroatoms. The summed E-state index contributed by atoms with van der Waals surface area (Å²) in [4.78, 5) is 28.3. The average molecular weight is 501 g/mol. The van der Waals surface area contributed by atoms with Crippen molar-refractivity contribution in [2.45, 2.75) is 57.6 Å². The minimum absolute atomic E-state index is 0.0263. The summed E-state index contributed by atoms with van der Waals surface area (Å²) in [7, 11) is 0. The molecule has 0 saturated carbocycles. The molecule has 1 aliphatic heterocycles. The highest BCUT2D eigenvalue weighted by Gasteiger charge is 2.66. The van der Waals surface area contributed by atoms with Crippen molar-refractivity contribution in [3.63, 3.8) is 0 Å². The van der Waals surface area contributed by atoms with Crippen LogP contribution in [0.5, 0.6) is 5.75 Å². The molecule has 7 nitrogen and oxygen atoms in total. The molecule has 2 heterocycles. The number of halogens is 5. The summed E-state index contributed by atoms with van der Waals surface area (Å²) in [6.45, 7) is 5.07. The molecule has 3 N–H and O–H groups in total. The van der Waals surface area contributed by atoms with E-state index in [0.29, 0.717) is 0 Å². The zero-order chi connectivity index (χ0) is 26.3. The number of ether oxygens (including phenoxy) is 2. The third-order valence-electron chi connectivity index (χ3n) is 6.00. The first-order chi connectivity index (χ1) is 16.2. The van der Waals surface area contributed by atoms with Gasteiger partial charge in [0, 0.05) is 29.3 Å². The molecule has 190 valence electrons. The number of carbonyl (C=O) groups excluding carboxylic acids is 2. The molecule has 0 unspecified atom stereocenters. The van der Waals surface area contributed by atoms with Crippen LogP contribution in [0, 0.1) is 17.6 Å². The van der Waals surface area contributed by atoms with Crippen molar-refractivity contribution in [2.24, 2.45) is 11.7 Å². The Hall–Kier alpha value is -3.28. The van der Waals surface area contributed by atoms with Crippen LogP contribution in [0.3, 0.4) is 0 Å². The fourth-order valence-corrected chi connectivity index (χ4v) is 4.04. The van der Waals surface area contributed by atoms with Gasteiger partial charge in [-0.25, -0.2) is 4.39 Å². The monoisotopic (exact) mass is 501 g/mol. The summed E-state index contributed by atoms with van der Waals surface area (Å²) in [5.41, 5.74) is 2.07. The predicted molar refractivity (Wildman–Crippen MR) is 115 cm³/mol. The molecule has 3 rings (SSSR count). The summed E-state index contributed by atoms with van der Waals surface area (Å²) in [6.07, 6.45) is -6.14. The number of hydrogen-bond acceptors (Lipinski definition) is 5. The van der Waals surface area contributed by atoms with Gasteiger partial charge in [-0.15, -0.1) is 0 Å². The van der Waals surface area contributed by atoms with Gasteiger partial charge in [-0.05, 0) is 39.0 Å². The van der Waals surface area contributed by atoms with Gasteiger partial charge in [-0.3, -0.25) is 14.6 Å². The molecular formula is C23H24F5N3O4. The van der Waals surface area contributed by atoms with Crippen LogP contribution in [-0.2, 0) is 9.53 Å². The number of alkyl halides is 3. The number of nitrogens with two attached hydrogens (primary N) is 1. The highest BCUT2D eigenvalue weighted by atomic mass is 19.4. The van der Waals surface area contributed by atoms with E-state index in [9.17, 15) is 31.5 Å². The number of rotatable bonds is 6. The molecule has 1 aromatic carbocycles. The van der Waals surface area contributed by atoms with Crippen LogP contribution in [0.4, 0.5) is 27.6 Å². The molecule has 2 amide bonds. The van der Waals surface area contributed by atoms with Crippen LogP contribution < -0.4 is 15.8 Å². The maximum Gasteiger partial charge on any atom is 0.417 e. The maximum atomic E-state index is 14.7. The zero-order valence-corrected chi connectivity index (χ0v) is 19.2.